The van der Waals surface area contributed by atoms with Crippen molar-refractivity contribution >= 4 is 22.5 Å². The van der Waals surface area contributed by atoms with Gasteiger partial charge in [-0.05, 0) is 43.0 Å². The molecular formula is C25H30N4O3. The molecule has 1 N–H and O–H groups in total. The fraction of sp³-hybridized carbons (Fsp3) is 0.440. The van der Waals surface area contributed by atoms with E-state index < -0.39 is 0 Å². The summed E-state index contributed by atoms with van der Waals surface area (Å²) < 4.78 is 13.0. The molecule has 0 aliphatic carbocycles. The molecule has 0 radical (unpaired) electrons. The lowest BCUT2D eigenvalue weighted by molar-refractivity contribution is 0.0642. The van der Waals surface area contributed by atoms with E-state index in [9.17, 15) is 4.79 Å². The van der Waals surface area contributed by atoms with Crippen LogP contribution in [-0.2, 0) is 16.5 Å². The molecule has 2 saturated heterocycles. The molecule has 1 amide bonds. The van der Waals surface area contributed by atoms with Crippen LogP contribution in [0.15, 0.2) is 42.6 Å². The third-order valence-corrected chi connectivity index (χ3v) is 6.51. The summed E-state index contributed by atoms with van der Waals surface area (Å²) >= 11 is 0. The zero-order valence-electron chi connectivity index (χ0n) is 18.5. The number of rotatable bonds is 5. The van der Waals surface area contributed by atoms with Crippen molar-refractivity contribution in [3.8, 4) is 11.3 Å². The molecule has 2 aromatic heterocycles. The lowest BCUT2D eigenvalue weighted by Crippen LogP contribution is -2.36. The molecule has 4 heterocycles. The molecule has 0 saturated carbocycles. The standard InChI is InChI=1S/C25H30N4O3/c1-28-8-5-21-23(28)16-22(19-3-2-4-20(15-19)29-9-13-32-14-10-29)27-24(21)25(30)26-17-18-6-11-31-12-7-18/h2-5,8,15-16,18H,6-7,9-14,17H2,1H3,(H,26,30). The van der Waals surface area contributed by atoms with Crippen LogP contribution in [0.1, 0.15) is 23.3 Å². The highest BCUT2D eigenvalue weighted by atomic mass is 16.5. The number of nitrogens with one attached hydrogen (secondary N) is 1. The molecule has 0 spiro atoms. The second kappa shape index (κ2) is 9.30. The van der Waals surface area contributed by atoms with Gasteiger partial charge >= 0.3 is 0 Å². The van der Waals surface area contributed by atoms with Gasteiger partial charge in [0.1, 0.15) is 5.69 Å². The zero-order chi connectivity index (χ0) is 21.9. The minimum Gasteiger partial charge on any atom is -0.381 e. The molecule has 7 nitrogen and oxygen atoms in total. The highest BCUT2D eigenvalue weighted by Crippen LogP contribution is 2.28. The number of pyridine rings is 1. The summed E-state index contributed by atoms with van der Waals surface area (Å²) in [5, 5.41) is 4.00. The minimum atomic E-state index is -0.112. The summed E-state index contributed by atoms with van der Waals surface area (Å²) in [4.78, 5) is 20.3. The first-order valence-corrected chi connectivity index (χ1v) is 11.4. The predicted molar refractivity (Wildman–Crippen MR) is 125 cm³/mol. The molecular weight excluding hydrogens is 404 g/mol. The highest BCUT2D eigenvalue weighted by Gasteiger charge is 2.20. The van der Waals surface area contributed by atoms with E-state index in [-0.39, 0.29) is 5.91 Å². The lowest BCUT2D eigenvalue weighted by Gasteiger charge is -2.29. The fourth-order valence-electron chi connectivity index (χ4n) is 4.54. The molecule has 2 aliphatic heterocycles. The second-order valence-corrected chi connectivity index (χ2v) is 8.63. The Hall–Kier alpha value is -2.90. The molecule has 2 fully saturated rings. The molecule has 7 heteroatoms. The fourth-order valence-corrected chi connectivity index (χ4v) is 4.54. The number of carbonyl (C=O) groups excluding carboxylic acids is 1. The Balaban J connectivity index is 1.45. The predicted octanol–water partition coefficient (Wildman–Crippen LogP) is 3.23. The molecule has 5 rings (SSSR count). The molecule has 1 aromatic carbocycles. The van der Waals surface area contributed by atoms with Crippen LogP contribution < -0.4 is 10.2 Å². The number of anilines is 1. The van der Waals surface area contributed by atoms with Crippen molar-refractivity contribution in [2.45, 2.75) is 12.8 Å². The maximum atomic E-state index is 13.2. The largest absolute Gasteiger partial charge is 0.381 e. The molecule has 3 aromatic rings. The topological polar surface area (TPSA) is 68.6 Å². The maximum absolute atomic E-state index is 13.2. The van der Waals surface area contributed by atoms with Crippen molar-refractivity contribution in [2.75, 3.05) is 51.0 Å². The number of ether oxygens (including phenoxy) is 2. The van der Waals surface area contributed by atoms with Gasteiger partial charge < -0.3 is 24.3 Å². The molecule has 0 bridgehead atoms. The molecule has 0 unspecified atom stereocenters. The van der Waals surface area contributed by atoms with Gasteiger partial charge in [-0.3, -0.25) is 4.79 Å². The SMILES string of the molecule is Cn1ccc2c(C(=O)NCC3CCOCC3)nc(-c3cccc(N4CCOCC4)c3)cc21. The first-order chi connectivity index (χ1) is 15.7. The van der Waals surface area contributed by atoms with Gasteiger partial charge in [-0.15, -0.1) is 0 Å². The van der Waals surface area contributed by atoms with Gasteiger partial charge in [-0.2, -0.15) is 0 Å². The van der Waals surface area contributed by atoms with Gasteiger partial charge in [0.15, 0.2) is 0 Å². The quantitative estimate of drug-likeness (QED) is 0.668. The van der Waals surface area contributed by atoms with E-state index in [1.54, 1.807) is 0 Å². The van der Waals surface area contributed by atoms with Crippen LogP contribution in [0.25, 0.3) is 22.2 Å². The third kappa shape index (κ3) is 4.36. The van der Waals surface area contributed by atoms with Crippen molar-refractivity contribution in [1.82, 2.24) is 14.9 Å². The van der Waals surface area contributed by atoms with Gasteiger partial charge in [-0.1, -0.05) is 12.1 Å². The van der Waals surface area contributed by atoms with Gasteiger partial charge in [0.25, 0.3) is 5.91 Å². The number of nitrogens with zero attached hydrogens (tertiary/aromatic N) is 3. The molecule has 168 valence electrons. The highest BCUT2D eigenvalue weighted by molar-refractivity contribution is 6.05. The van der Waals surface area contributed by atoms with Crippen LogP contribution in [0, 0.1) is 5.92 Å². The van der Waals surface area contributed by atoms with Gasteiger partial charge in [-0.25, -0.2) is 4.98 Å². The van der Waals surface area contributed by atoms with E-state index in [0.717, 1.165) is 80.2 Å². The Kier molecular flexibility index (Phi) is 6.10. The van der Waals surface area contributed by atoms with Crippen molar-refractivity contribution in [3.63, 3.8) is 0 Å². The Bertz CT molecular complexity index is 1100. The van der Waals surface area contributed by atoms with Crippen LogP contribution in [0.3, 0.4) is 0 Å². The van der Waals surface area contributed by atoms with Gasteiger partial charge in [0, 0.05) is 62.7 Å². The number of hydrogen-bond donors (Lipinski definition) is 1. The van der Waals surface area contributed by atoms with Crippen LogP contribution in [0.2, 0.25) is 0 Å². The summed E-state index contributed by atoms with van der Waals surface area (Å²) in [5.41, 5.74) is 4.47. The van der Waals surface area contributed by atoms with E-state index in [0.29, 0.717) is 18.2 Å². The van der Waals surface area contributed by atoms with Gasteiger partial charge in [0.2, 0.25) is 0 Å². The smallest absolute Gasteiger partial charge is 0.270 e. The summed E-state index contributed by atoms with van der Waals surface area (Å²) in [7, 11) is 2.00. The summed E-state index contributed by atoms with van der Waals surface area (Å²) in [5.74, 6) is 0.353. The van der Waals surface area contributed by atoms with Crippen molar-refractivity contribution in [2.24, 2.45) is 13.0 Å². The van der Waals surface area contributed by atoms with E-state index in [1.165, 1.54) is 0 Å². The number of fused-ring (bicyclic) bond motifs is 1. The first kappa shape index (κ1) is 21.0. The first-order valence-electron chi connectivity index (χ1n) is 11.4. The summed E-state index contributed by atoms with van der Waals surface area (Å²) in [6, 6.07) is 12.4. The van der Waals surface area contributed by atoms with E-state index in [2.05, 4.69) is 40.5 Å². The third-order valence-electron chi connectivity index (χ3n) is 6.51. The average Bonchev–Trinajstić information content (AvgIpc) is 3.24. The molecule has 0 atom stereocenters. The lowest BCUT2D eigenvalue weighted by atomic mass is 10.0. The van der Waals surface area contributed by atoms with Crippen LogP contribution in [0.4, 0.5) is 5.69 Å². The monoisotopic (exact) mass is 434 g/mol. The molecule has 2 aliphatic rings. The zero-order valence-corrected chi connectivity index (χ0v) is 18.5. The second-order valence-electron chi connectivity index (χ2n) is 8.63. The summed E-state index contributed by atoms with van der Waals surface area (Å²) in [6.07, 6.45) is 3.96. The number of carbonyl (C=O) groups is 1. The van der Waals surface area contributed by atoms with Crippen molar-refractivity contribution in [3.05, 3.63) is 48.3 Å². The van der Waals surface area contributed by atoms with E-state index >= 15 is 0 Å². The van der Waals surface area contributed by atoms with E-state index in [4.69, 9.17) is 14.5 Å². The van der Waals surface area contributed by atoms with Crippen LogP contribution >= 0.6 is 0 Å². The Morgan fingerprint density at radius 3 is 2.69 bits per heavy atom. The van der Waals surface area contributed by atoms with Crippen LogP contribution in [0.5, 0.6) is 0 Å². The Labute approximate surface area is 188 Å². The number of hydrogen-bond acceptors (Lipinski definition) is 5. The number of aromatic nitrogens is 2. The Morgan fingerprint density at radius 1 is 1.09 bits per heavy atom. The number of amides is 1. The summed E-state index contributed by atoms with van der Waals surface area (Å²) in [6.45, 7) is 5.47. The van der Waals surface area contributed by atoms with Crippen molar-refractivity contribution in [1.29, 1.82) is 0 Å². The van der Waals surface area contributed by atoms with Crippen LogP contribution in [-0.4, -0.2) is 61.5 Å². The Morgan fingerprint density at radius 2 is 1.88 bits per heavy atom. The van der Waals surface area contributed by atoms with Gasteiger partial charge in [0.05, 0.1) is 24.4 Å². The molecule has 32 heavy (non-hydrogen) atoms. The average molecular weight is 435 g/mol. The van der Waals surface area contributed by atoms with Crippen molar-refractivity contribution < 1.29 is 14.3 Å². The number of aryl methyl sites for hydroxylation is 1. The number of benzene rings is 1. The minimum absolute atomic E-state index is 0.112. The van der Waals surface area contributed by atoms with E-state index in [1.807, 2.05) is 23.9 Å². The maximum Gasteiger partial charge on any atom is 0.270 e. The number of morpholine rings is 1. The normalized spacial score (nSPS) is 17.6.